The topological polar surface area (TPSA) is 79.0 Å². The summed E-state index contributed by atoms with van der Waals surface area (Å²) < 4.78 is 0. The lowest BCUT2D eigenvalue weighted by Crippen LogP contribution is -2.53. The zero-order valence-corrected chi connectivity index (χ0v) is 8.35. The minimum Gasteiger partial charge on any atom is -0.394 e. The summed E-state index contributed by atoms with van der Waals surface area (Å²) in [6.07, 6.45) is 0. The van der Waals surface area contributed by atoms with Crippen LogP contribution in [0.5, 0.6) is 0 Å². The van der Waals surface area contributed by atoms with Gasteiger partial charge in [0.05, 0.1) is 13.7 Å². The maximum absolute atomic E-state index is 11.5. The number of rotatable bonds is 3. The second kappa shape index (κ2) is 5.26. The van der Waals surface area contributed by atoms with Crippen LogP contribution in [0.2, 0.25) is 0 Å². The Labute approximate surface area is 83.2 Å². The van der Waals surface area contributed by atoms with E-state index in [1.165, 1.54) is 0 Å². The number of carbonyl (C=O) groups is 1. The van der Waals surface area contributed by atoms with Gasteiger partial charge < -0.3 is 20.6 Å². The Kier molecular flexibility index (Phi) is 4.27. The van der Waals surface area contributed by atoms with Gasteiger partial charge in [0.1, 0.15) is 6.04 Å². The van der Waals surface area contributed by atoms with E-state index >= 15 is 0 Å². The predicted octanol–water partition coefficient (Wildman–Crippen LogP) is -1.99. The second-order valence-corrected chi connectivity index (χ2v) is 3.23. The quantitative estimate of drug-likeness (QED) is 0.555. The fourth-order valence-corrected chi connectivity index (χ4v) is 1.40. The maximum atomic E-state index is 11.5. The van der Waals surface area contributed by atoms with E-state index in [1.54, 1.807) is 17.1 Å². The van der Waals surface area contributed by atoms with E-state index in [0.29, 0.717) is 26.2 Å². The minimum atomic E-state index is -0.788. The summed E-state index contributed by atoms with van der Waals surface area (Å²) in [6, 6.07) is -0.788. The third kappa shape index (κ3) is 2.65. The minimum absolute atomic E-state index is 0.191. The molecule has 0 spiro atoms. The largest absolute Gasteiger partial charge is 0.394 e. The third-order valence-electron chi connectivity index (χ3n) is 2.32. The Bertz CT molecular complexity index is 192. The molecular weight excluding hydrogens is 186 g/mol. The van der Waals surface area contributed by atoms with Crippen molar-refractivity contribution in [2.45, 2.75) is 6.04 Å². The highest BCUT2D eigenvalue weighted by Crippen LogP contribution is 2.02. The molecule has 0 unspecified atom stereocenters. The molecule has 6 nitrogen and oxygen atoms in total. The van der Waals surface area contributed by atoms with Crippen molar-refractivity contribution in [1.82, 2.24) is 9.96 Å². The molecule has 6 heteroatoms. The van der Waals surface area contributed by atoms with Crippen LogP contribution >= 0.6 is 0 Å². The van der Waals surface area contributed by atoms with Gasteiger partial charge in [0.25, 0.3) is 0 Å². The molecule has 0 aliphatic carbocycles. The highest BCUT2D eigenvalue weighted by Gasteiger charge is 2.24. The van der Waals surface area contributed by atoms with Gasteiger partial charge in [-0.1, -0.05) is 0 Å². The molecule has 0 radical (unpaired) electrons. The number of hydrogen-bond donors (Lipinski definition) is 2. The summed E-state index contributed by atoms with van der Waals surface area (Å²) in [6.45, 7) is 2.25. The predicted molar refractivity (Wildman–Crippen MR) is 50.2 cm³/mol. The van der Waals surface area contributed by atoms with Gasteiger partial charge in [-0.2, -0.15) is 5.06 Å². The molecule has 1 heterocycles. The summed E-state index contributed by atoms with van der Waals surface area (Å²) in [7, 11) is 1.61. The number of nitrogens with zero attached hydrogens (tertiary/aromatic N) is 2. The van der Waals surface area contributed by atoms with Gasteiger partial charge in [0, 0.05) is 26.2 Å². The van der Waals surface area contributed by atoms with E-state index in [0.717, 1.165) is 0 Å². The number of aliphatic hydroxyl groups excluding tert-OH is 1. The van der Waals surface area contributed by atoms with Gasteiger partial charge in [-0.15, -0.1) is 0 Å². The SMILES string of the molecule is CON1CCN(C(=O)[C@@H](N)CO)CC1. The molecule has 0 saturated carbocycles. The highest BCUT2D eigenvalue weighted by molar-refractivity contribution is 5.81. The molecule has 1 amide bonds. The van der Waals surface area contributed by atoms with Crippen molar-refractivity contribution >= 4 is 5.91 Å². The standard InChI is InChI=1S/C8H17N3O3/c1-14-11-4-2-10(3-5-11)8(13)7(9)6-12/h7,12H,2-6,9H2,1H3/t7-/m0/s1. The van der Waals surface area contributed by atoms with Crippen molar-refractivity contribution in [2.75, 3.05) is 39.9 Å². The first-order valence-electron chi connectivity index (χ1n) is 4.63. The van der Waals surface area contributed by atoms with Gasteiger partial charge in [-0.3, -0.25) is 4.79 Å². The Morgan fingerprint density at radius 2 is 2.07 bits per heavy atom. The van der Waals surface area contributed by atoms with Crippen molar-refractivity contribution in [2.24, 2.45) is 5.73 Å². The summed E-state index contributed by atoms with van der Waals surface area (Å²) in [5.41, 5.74) is 5.43. The lowest BCUT2D eigenvalue weighted by molar-refractivity contribution is -0.162. The zero-order chi connectivity index (χ0) is 10.6. The Morgan fingerprint density at radius 1 is 1.50 bits per heavy atom. The molecule has 0 aromatic heterocycles. The fourth-order valence-electron chi connectivity index (χ4n) is 1.40. The van der Waals surface area contributed by atoms with Crippen LogP contribution in [-0.4, -0.2) is 66.9 Å². The van der Waals surface area contributed by atoms with E-state index in [4.69, 9.17) is 15.7 Å². The van der Waals surface area contributed by atoms with Crippen molar-refractivity contribution < 1.29 is 14.7 Å². The molecule has 0 aromatic rings. The van der Waals surface area contributed by atoms with E-state index in [2.05, 4.69) is 0 Å². The Morgan fingerprint density at radius 3 is 2.50 bits per heavy atom. The molecule has 1 aliphatic rings. The van der Waals surface area contributed by atoms with Crippen molar-refractivity contribution in [3.05, 3.63) is 0 Å². The third-order valence-corrected chi connectivity index (χ3v) is 2.32. The normalized spacial score (nSPS) is 20.9. The lowest BCUT2D eigenvalue weighted by Gasteiger charge is -2.34. The van der Waals surface area contributed by atoms with Gasteiger partial charge in [0.2, 0.25) is 5.91 Å². The number of nitrogens with two attached hydrogens (primary N) is 1. The monoisotopic (exact) mass is 203 g/mol. The van der Waals surface area contributed by atoms with Crippen LogP contribution in [0, 0.1) is 0 Å². The van der Waals surface area contributed by atoms with Crippen molar-refractivity contribution in [1.29, 1.82) is 0 Å². The van der Waals surface area contributed by atoms with Crippen molar-refractivity contribution in [3.63, 3.8) is 0 Å². The van der Waals surface area contributed by atoms with Gasteiger partial charge >= 0.3 is 0 Å². The first kappa shape index (κ1) is 11.4. The number of hydroxylamine groups is 2. The van der Waals surface area contributed by atoms with Crippen LogP contribution in [0.15, 0.2) is 0 Å². The number of carbonyl (C=O) groups excluding carboxylic acids is 1. The van der Waals surface area contributed by atoms with Gasteiger partial charge in [0.15, 0.2) is 0 Å². The lowest BCUT2D eigenvalue weighted by atomic mass is 10.2. The number of amides is 1. The van der Waals surface area contributed by atoms with E-state index in [-0.39, 0.29) is 12.5 Å². The first-order chi connectivity index (χ1) is 6.69. The van der Waals surface area contributed by atoms with E-state index in [1.807, 2.05) is 0 Å². The maximum Gasteiger partial charge on any atom is 0.241 e. The van der Waals surface area contributed by atoms with E-state index < -0.39 is 6.04 Å². The van der Waals surface area contributed by atoms with Gasteiger partial charge in [-0.05, 0) is 0 Å². The molecule has 1 fully saturated rings. The summed E-state index contributed by atoms with van der Waals surface area (Å²) in [5.74, 6) is -0.191. The molecule has 82 valence electrons. The molecule has 1 saturated heterocycles. The first-order valence-corrected chi connectivity index (χ1v) is 4.63. The van der Waals surface area contributed by atoms with Crippen LogP contribution in [0.25, 0.3) is 0 Å². The molecule has 14 heavy (non-hydrogen) atoms. The number of piperazine rings is 1. The molecule has 1 aliphatic heterocycles. The number of aliphatic hydroxyl groups is 1. The van der Waals surface area contributed by atoms with Gasteiger partial charge in [-0.25, -0.2) is 0 Å². The van der Waals surface area contributed by atoms with Crippen LogP contribution in [0.4, 0.5) is 0 Å². The van der Waals surface area contributed by atoms with Crippen LogP contribution in [0.1, 0.15) is 0 Å². The number of hydrogen-bond acceptors (Lipinski definition) is 5. The summed E-state index contributed by atoms with van der Waals surface area (Å²) in [5, 5.41) is 10.5. The van der Waals surface area contributed by atoms with Crippen LogP contribution < -0.4 is 5.73 Å². The van der Waals surface area contributed by atoms with E-state index in [9.17, 15) is 4.79 Å². The highest BCUT2D eigenvalue weighted by atomic mass is 16.7. The Hall–Kier alpha value is -0.690. The molecule has 0 aromatic carbocycles. The van der Waals surface area contributed by atoms with Crippen molar-refractivity contribution in [3.8, 4) is 0 Å². The Balaban J connectivity index is 2.37. The summed E-state index contributed by atoms with van der Waals surface area (Å²) >= 11 is 0. The molecule has 1 rings (SSSR count). The smallest absolute Gasteiger partial charge is 0.241 e. The zero-order valence-electron chi connectivity index (χ0n) is 8.35. The molecule has 1 atom stereocenters. The average molecular weight is 203 g/mol. The van der Waals surface area contributed by atoms with Crippen LogP contribution in [0.3, 0.4) is 0 Å². The fraction of sp³-hybridized carbons (Fsp3) is 0.875. The molecular formula is C8H17N3O3. The summed E-state index contributed by atoms with van der Waals surface area (Å²) in [4.78, 5) is 18.2. The molecule has 3 N–H and O–H groups in total. The average Bonchev–Trinajstić information content (AvgIpc) is 2.27. The van der Waals surface area contributed by atoms with Crippen LogP contribution in [-0.2, 0) is 9.63 Å². The second-order valence-electron chi connectivity index (χ2n) is 3.23. The molecule has 0 bridgehead atoms.